The molecule has 2 nitrogen and oxygen atoms in total. The van der Waals surface area contributed by atoms with E-state index >= 15 is 0 Å². The fourth-order valence-electron chi connectivity index (χ4n) is 2.09. The van der Waals surface area contributed by atoms with Gasteiger partial charge in [0.1, 0.15) is 6.29 Å². The number of rotatable bonds is 3. The van der Waals surface area contributed by atoms with Gasteiger partial charge in [0.2, 0.25) is 0 Å². The lowest BCUT2D eigenvalue weighted by Gasteiger charge is -2.29. The lowest BCUT2D eigenvalue weighted by Crippen LogP contribution is -2.22. The first-order chi connectivity index (χ1) is 7.40. The molecule has 0 bridgehead atoms. The van der Waals surface area contributed by atoms with Gasteiger partial charge in [-0.1, -0.05) is 30.3 Å². The number of hydrogen-bond donors (Lipinski definition) is 0. The monoisotopic (exact) mass is 204 g/mol. The molecular weight excluding hydrogens is 188 g/mol. The number of carbonyl (C=O) groups is 1. The van der Waals surface area contributed by atoms with E-state index in [0.29, 0.717) is 6.42 Å². The Morgan fingerprint density at radius 2 is 2.07 bits per heavy atom. The molecule has 1 aromatic carbocycles. The molecular formula is C13H16O2. The van der Waals surface area contributed by atoms with Crippen LogP contribution in [0, 0.1) is 0 Å². The molecule has 0 amide bonds. The molecule has 2 rings (SSSR count). The van der Waals surface area contributed by atoms with Crippen molar-refractivity contribution in [3.63, 3.8) is 0 Å². The molecule has 1 heterocycles. The van der Waals surface area contributed by atoms with Crippen LogP contribution in [0.4, 0.5) is 0 Å². The molecule has 1 saturated heterocycles. The van der Waals surface area contributed by atoms with E-state index in [0.717, 1.165) is 25.5 Å². The van der Waals surface area contributed by atoms with Crippen LogP contribution in [0.5, 0.6) is 0 Å². The minimum absolute atomic E-state index is 0.126. The molecule has 0 radical (unpaired) electrons. The van der Waals surface area contributed by atoms with E-state index in [1.165, 1.54) is 5.56 Å². The lowest BCUT2D eigenvalue weighted by atomic mass is 9.97. The average Bonchev–Trinajstić information content (AvgIpc) is 2.31. The maximum absolute atomic E-state index is 10.4. The molecule has 0 N–H and O–H groups in total. The van der Waals surface area contributed by atoms with Crippen LogP contribution in [0.3, 0.4) is 0 Å². The zero-order valence-corrected chi connectivity index (χ0v) is 8.76. The van der Waals surface area contributed by atoms with Crippen molar-refractivity contribution in [2.45, 2.75) is 37.9 Å². The fraction of sp³-hybridized carbons (Fsp3) is 0.462. The van der Waals surface area contributed by atoms with E-state index in [1.807, 2.05) is 18.2 Å². The summed E-state index contributed by atoms with van der Waals surface area (Å²) in [7, 11) is 0. The van der Waals surface area contributed by atoms with Crippen LogP contribution in [-0.2, 0) is 9.53 Å². The second-order valence-electron chi connectivity index (χ2n) is 3.99. The van der Waals surface area contributed by atoms with Crippen molar-refractivity contribution < 1.29 is 9.53 Å². The zero-order valence-electron chi connectivity index (χ0n) is 8.76. The Labute approximate surface area is 90.3 Å². The van der Waals surface area contributed by atoms with E-state index < -0.39 is 0 Å². The summed E-state index contributed by atoms with van der Waals surface area (Å²) in [5.41, 5.74) is 1.23. The van der Waals surface area contributed by atoms with Crippen molar-refractivity contribution in [2.24, 2.45) is 0 Å². The standard InChI is InChI=1S/C13H16O2/c14-10-9-12-7-4-8-13(15-12)11-5-2-1-3-6-11/h1-3,5-6,10,12-13H,4,7-9H2/t12-,13+/m1/s1. The molecule has 15 heavy (non-hydrogen) atoms. The van der Waals surface area contributed by atoms with Gasteiger partial charge in [-0.25, -0.2) is 0 Å². The molecule has 1 aliphatic rings. The SMILES string of the molecule is O=CC[C@H]1CCC[C@@H](c2ccccc2)O1. The van der Waals surface area contributed by atoms with E-state index in [-0.39, 0.29) is 12.2 Å². The second-order valence-corrected chi connectivity index (χ2v) is 3.99. The maximum Gasteiger partial charge on any atom is 0.122 e. The molecule has 2 atom stereocenters. The van der Waals surface area contributed by atoms with E-state index in [1.54, 1.807) is 0 Å². The largest absolute Gasteiger partial charge is 0.370 e. The van der Waals surface area contributed by atoms with Crippen molar-refractivity contribution in [1.82, 2.24) is 0 Å². The predicted octanol–water partition coefficient (Wildman–Crippen LogP) is 2.89. The van der Waals surface area contributed by atoms with Crippen LogP contribution in [-0.4, -0.2) is 12.4 Å². The summed E-state index contributed by atoms with van der Waals surface area (Å²) in [6, 6.07) is 10.3. The van der Waals surface area contributed by atoms with Crippen molar-refractivity contribution in [3.05, 3.63) is 35.9 Å². The highest BCUT2D eigenvalue weighted by atomic mass is 16.5. The lowest BCUT2D eigenvalue weighted by molar-refractivity contribution is -0.114. The summed E-state index contributed by atoms with van der Waals surface area (Å²) in [4.78, 5) is 10.4. The number of hydrogen-bond acceptors (Lipinski definition) is 2. The van der Waals surface area contributed by atoms with Gasteiger partial charge in [0.25, 0.3) is 0 Å². The molecule has 2 heteroatoms. The quantitative estimate of drug-likeness (QED) is 0.708. The van der Waals surface area contributed by atoms with E-state index in [4.69, 9.17) is 4.74 Å². The van der Waals surface area contributed by atoms with Crippen LogP contribution < -0.4 is 0 Å². The van der Waals surface area contributed by atoms with Gasteiger partial charge in [-0.2, -0.15) is 0 Å². The minimum atomic E-state index is 0.126. The third kappa shape index (κ3) is 2.66. The molecule has 0 spiro atoms. The van der Waals surface area contributed by atoms with Gasteiger partial charge in [-0.05, 0) is 24.8 Å². The molecule has 0 unspecified atom stereocenters. The van der Waals surface area contributed by atoms with Gasteiger partial charge >= 0.3 is 0 Å². The van der Waals surface area contributed by atoms with E-state index in [2.05, 4.69) is 12.1 Å². The highest BCUT2D eigenvalue weighted by Crippen LogP contribution is 2.31. The minimum Gasteiger partial charge on any atom is -0.370 e. The number of benzene rings is 1. The summed E-state index contributed by atoms with van der Waals surface area (Å²) < 4.78 is 5.88. The molecule has 0 aliphatic carbocycles. The molecule has 1 aliphatic heterocycles. The van der Waals surface area contributed by atoms with Crippen molar-refractivity contribution in [1.29, 1.82) is 0 Å². The Bertz CT molecular complexity index is 308. The van der Waals surface area contributed by atoms with Crippen molar-refractivity contribution >= 4 is 6.29 Å². The Kier molecular flexibility index (Phi) is 3.51. The fourth-order valence-corrected chi connectivity index (χ4v) is 2.09. The Morgan fingerprint density at radius 1 is 1.27 bits per heavy atom. The second kappa shape index (κ2) is 5.08. The number of ether oxygens (including phenoxy) is 1. The average molecular weight is 204 g/mol. The normalized spacial score (nSPS) is 26.1. The first-order valence-corrected chi connectivity index (χ1v) is 5.54. The first-order valence-electron chi connectivity index (χ1n) is 5.54. The third-order valence-electron chi connectivity index (χ3n) is 2.88. The van der Waals surface area contributed by atoms with Crippen molar-refractivity contribution in [2.75, 3.05) is 0 Å². The van der Waals surface area contributed by atoms with Gasteiger partial charge in [0.15, 0.2) is 0 Å². The van der Waals surface area contributed by atoms with Gasteiger partial charge in [0, 0.05) is 6.42 Å². The smallest absolute Gasteiger partial charge is 0.122 e. The first kappa shape index (κ1) is 10.4. The van der Waals surface area contributed by atoms with Crippen LogP contribution in [0.25, 0.3) is 0 Å². The number of aldehydes is 1. The van der Waals surface area contributed by atoms with Crippen LogP contribution in [0.1, 0.15) is 37.4 Å². The summed E-state index contributed by atoms with van der Waals surface area (Å²) in [6.45, 7) is 0. The van der Waals surface area contributed by atoms with Crippen LogP contribution >= 0.6 is 0 Å². The predicted molar refractivity (Wildman–Crippen MR) is 58.6 cm³/mol. The topological polar surface area (TPSA) is 26.3 Å². The van der Waals surface area contributed by atoms with Gasteiger partial charge < -0.3 is 9.53 Å². The molecule has 0 aromatic heterocycles. The highest BCUT2D eigenvalue weighted by Gasteiger charge is 2.22. The zero-order chi connectivity index (χ0) is 10.5. The molecule has 1 fully saturated rings. The maximum atomic E-state index is 10.4. The summed E-state index contributed by atoms with van der Waals surface area (Å²) in [5.74, 6) is 0. The van der Waals surface area contributed by atoms with Crippen LogP contribution in [0.2, 0.25) is 0 Å². The van der Waals surface area contributed by atoms with Crippen LogP contribution in [0.15, 0.2) is 30.3 Å². The highest BCUT2D eigenvalue weighted by molar-refractivity contribution is 5.50. The summed E-state index contributed by atoms with van der Waals surface area (Å²) in [5, 5.41) is 0. The molecule has 1 aromatic rings. The third-order valence-corrected chi connectivity index (χ3v) is 2.88. The van der Waals surface area contributed by atoms with Crippen molar-refractivity contribution in [3.8, 4) is 0 Å². The summed E-state index contributed by atoms with van der Waals surface area (Å²) in [6.07, 6.45) is 5.03. The van der Waals surface area contributed by atoms with Gasteiger partial charge in [-0.15, -0.1) is 0 Å². The molecule has 0 saturated carbocycles. The van der Waals surface area contributed by atoms with E-state index in [9.17, 15) is 4.79 Å². The Morgan fingerprint density at radius 3 is 2.80 bits per heavy atom. The van der Waals surface area contributed by atoms with Gasteiger partial charge in [-0.3, -0.25) is 0 Å². The Hall–Kier alpha value is -1.15. The molecule has 80 valence electrons. The number of carbonyl (C=O) groups excluding carboxylic acids is 1. The Balaban J connectivity index is 2.01. The van der Waals surface area contributed by atoms with Gasteiger partial charge in [0.05, 0.1) is 12.2 Å². The summed E-state index contributed by atoms with van der Waals surface area (Å²) >= 11 is 0.